The molecule has 1 aromatic carbocycles. The van der Waals surface area contributed by atoms with Crippen LogP contribution >= 0.6 is 0 Å². The predicted molar refractivity (Wildman–Crippen MR) is 108 cm³/mol. The van der Waals surface area contributed by atoms with Gasteiger partial charge in [0.15, 0.2) is 0 Å². The van der Waals surface area contributed by atoms with Crippen LogP contribution in [0.5, 0.6) is 0 Å². The van der Waals surface area contributed by atoms with E-state index in [9.17, 15) is 0 Å². The highest BCUT2D eigenvalue weighted by molar-refractivity contribution is 5.46. The number of benzene rings is 1. The lowest BCUT2D eigenvalue weighted by Gasteiger charge is -2.39. The summed E-state index contributed by atoms with van der Waals surface area (Å²) in [5.74, 6) is 1.11. The second-order valence-electron chi connectivity index (χ2n) is 7.18. The van der Waals surface area contributed by atoms with E-state index in [2.05, 4.69) is 67.0 Å². The number of pyridine rings is 1. The van der Waals surface area contributed by atoms with Crippen molar-refractivity contribution in [2.45, 2.75) is 0 Å². The zero-order chi connectivity index (χ0) is 17.6. The van der Waals surface area contributed by atoms with Gasteiger partial charge >= 0.3 is 0 Å². The Bertz CT molecular complexity index is 587. The smallest absolute Gasteiger partial charge is 0.128 e. The minimum Gasteiger partial charge on any atom is -0.369 e. The van der Waals surface area contributed by atoms with Crippen molar-refractivity contribution in [2.75, 3.05) is 75.2 Å². The van der Waals surface area contributed by atoms with Crippen LogP contribution in [0.2, 0.25) is 0 Å². The van der Waals surface area contributed by atoms with Crippen LogP contribution in [0.4, 0.5) is 11.5 Å². The molecule has 2 saturated heterocycles. The SMILES string of the molecule is c1ccc(N2CCN(CCN3CCN(c4ccccn4)CC3)CC2)cc1. The van der Waals surface area contributed by atoms with Gasteiger partial charge in [-0.15, -0.1) is 0 Å². The topological polar surface area (TPSA) is 25.9 Å². The molecular weight excluding hydrogens is 322 g/mol. The monoisotopic (exact) mass is 351 g/mol. The maximum Gasteiger partial charge on any atom is 0.128 e. The predicted octanol–water partition coefficient (Wildman–Crippen LogP) is 2.03. The Hall–Kier alpha value is -2.11. The van der Waals surface area contributed by atoms with Crippen LogP contribution in [0, 0.1) is 0 Å². The van der Waals surface area contributed by atoms with Crippen molar-refractivity contribution in [1.29, 1.82) is 0 Å². The van der Waals surface area contributed by atoms with E-state index in [1.807, 2.05) is 12.3 Å². The molecule has 0 aliphatic carbocycles. The summed E-state index contributed by atoms with van der Waals surface area (Å²) in [6.07, 6.45) is 1.89. The summed E-state index contributed by atoms with van der Waals surface area (Å²) in [6.45, 7) is 11.4. The highest BCUT2D eigenvalue weighted by Crippen LogP contribution is 2.16. The van der Waals surface area contributed by atoms with Crippen molar-refractivity contribution in [2.24, 2.45) is 0 Å². The summed E-state index contributed by atoms with van der Waals surface area (Å²) in [5, 5.41) is 0. The highest BCUT2D eigenvalue weighted by atomic mass is 15.3. The van der Waals surface area contributed by atoms with Gasteiger partial charge in [0.2, 0.25) is 0 Å². The first-order chi connectivity index (χ1) is 12.9. The lowest BCUT2D eigenvalue weighted by atomic mass is 10.2. The van der Waals surface area contributed by atoms with Gasteiger partial charge in [-0.05, 0) is 24.3 Å². The molecule has 2 aliphatic heterocycles. The highest BCUT2D eigenvalue weighted by Gasteiger charge is 2.20. The Kier molecular flexibility index (Phi) is 5.67. The van der Waals surface area contributed by atoms with E-state index >= 15 is 0 Å². The Labute approximate surface area is 156 Å². The van der Waals surface area contributed by atoms with Crippen LogP contribution in [0.3, 0.4) is 0 Å². The van der Waals surface area contributed by atoms with E-state index in [1.54, 1.807) is 0 Å². The Morgan fingerprint density at radius 1 is 0.615 bits per heavy atom. The van der Waals surface area contributed by atoms with Crippen molar-refractivity contribution in [3.8, 4) is 0 Å². The van der Waals surface area contributed by atoms with Crippen LogP contribution in [-0.2, 0) is 0 Å². The molecule has 3 heterocycles. The average Bonchev–Trinajstić information content (AvgIpc) is 2.74. The van der Waals surface area contributed by atoms with Crippen LogP contribution in [0.1, 0.15) is 0 Å². The molecule has 1 aromatic heterocycles. The largest absolute Gasteiger partial charge is 0.369 e. The number of anilines is 2. The molecule has 0 radical (unpaired) electrons. The van der Waals surface area contributed by atoms with Crippen LogP contribution in [-0.4, -0.2) is 80.2 Å². The second-order valence-corrected chi connectivity index (χ2v) is 7.18. The molecule has 0 saturated carbocycles. The summed E-state index contributed by atoms with van der Waals surface area (Å²) in [4.78, 5) is 14.6. The number of piperazine rings is 2. The normalized spacial score (nSPS) is 19.7. The maximum atomic E-state index is 4.47. The van der Waals surface area contributed by atoms with Gasteiger partial charge < -0.3 is 9.80 Å². The van der Waals surface area contributed by atoms with Gasteiger partial charge in [-0.25, -0.2) is 4.98 Å². The van der Waals surface area contributed by atoms with Crippen molar-refractivity contribution < 1.29 is 0 Å². The van der Waals surface area contributed by atoms with Crippen LogP contribution in [0.25, 0.3) is 0 Å². The van der Waals surface area contributed by atoms with Gasteiger partial charge in [0, 0.05) is 77.3 Å². The first-order valence-corrected chi connectivity index (χ1v) is 9.79. The fraction of sp³-hybridized carbons (Fsp3) is 0.476. The van der Waals surface area contributed by atoms with Gasteiger partial charge in [-0.1, -0.05) is 24.3 Å². The fourth-order valence-electron chi connectivity index (χ4n) is 3.89. The molecule has 5 nitrogen and oxygen atoms in total. The number of para-hydroxylation sites is 1. The lowest BCUT2D eigenvalue weighted by molar-refractivity contribution is 0.190. The quantitative estimate of drug-likeness (QED) is 0.821. The number of rotatable bonds is 5. The molecule has 0 bridgehead atoms. The molecule has 26 heavy (non-hydrogen) atoms. The van der Waals surface area contributed by atoms with Crippen LogP contribution in [0.15, 0.2) is 54.7 Å². The summed E-state index contributed by atoms with van der Waals surface area (Å²) in [7, 11) is 0. The summed E-state index contributed by atoms with van der Waals surface area (Å²) >= 11 is 0. The first-order valence-electron chi connectivity index (χ1n) is 9.79. The third kappa shape index (κ3) is 4.34. The van der Waals surface area contributed by atoms with Gasteiger partial charge in [0.05, 0.1) is 0 Å². The van der Waals surface area contributed by atoms with Crippen molar-refractivity contribution >= 4 is 11.5 Å². The second kappa shape index (κ2) is 8.52. The van der Waals surface area contributed by atoms with Gasteiger partial charge in [-0.3, -0.25) is 9.80 Å². The van der Waals surface area contributed by atoms with Crippen molar-refractivity contribution in [3.63, 3.8) is 0 Å². The van der Waals surface area contributed by atoms with E-state index in [1.165, 1.54) is 31.9 Å². The van der Waals surface area contributed by atoms with Gasteiger partial charge in [-0.2, -0.15) is 0 Å². The summed E-state index contributed by atoms with van der Waals surface area (Å²) in [5.41, 5.74) is 1.36. The number of aromatic nitrogens is 1. The third-order valence-electron chi connectivity index (χ3n) is 5.57. The summed E-state index contributed by atoms with van der Waals surface area (Å²) in [6, 6.07) is 17.0. The molecule has 0 N–H and O–H groups in total. The molecule has 4 rings (SSSR count). The van der Waals surface area contributed by atoms with E-state index in [0.717, 1.165) is 45.1 Å². The number of nitrogens with zero attached hydrogens (tertiary/aromatic N) is 5. The minimum absolute atomic E-state index is 1.08. The molecule has 0 unspecified atom stereocenters. The summed E-state index contributed by atoms with van der Waals surface area (Å²) < 4.78 is 0. The molecule has 2 aliphatic rings. The van der Waals surface area contributed by atoms with E-state index in [0.29, 0.717) is 0 Å². The van der Waals surface area contributed by atoms with E-state index in [-0.39, 0.29) is 0 Å². The molecule has 5 heteroatoms. The molecule has 0 spiro atoms. The Morgan fingerprint density at radius 2 is 1.19 bits per heavy atom. The molecule has 0 amide bonds. The zero-order valence-corrected chi connectivity index (χ0v) is 15.5. The molecule has 0 atom stereocenters. The lowest BCUT2D eigenvalue weighted by Crippen LogP contribution is -2.51. The average molecular weight is 351 g/mol. The molecular formula is C21H29N5. The molecule has 2 fully saturated rings. The fourth-order valence-corrected chi connectivity index (χ4v) is 3.89. The van der Waals surface area contributed by atoms with Gasteiger partial charge in [0.25, 0.3) is 0 Å². The maximum absolute atomic E-state index is 4.47. The van der Waals surface area contributed by atoms with Crippen LogP contribution < -0.4 is 9.80 Å². The van der Waals surface area contributed by atoms with Crippen molar-refractivity contribution in [1.82, 2.24) is 14.8 Å². The Morgan fingerprint density at radius 3 is 1.77 bits per heavy atom. The zero-order valence-electron chi connectivity index (χ0n) is 15.5. The van der Waals surface area contributed by atoms with E-state index < -0.39 is 0 Å². The minimum atomic E-state index is 1.08. The Balaban J connectivity index is 1.17. The molecule has 138 valence electrons. The number of hydrogen-bond donors (Lipinski definition) is 0. The number of hydrogen-bond acceptors (Lipinski definition) is 5. The van der Waals surface area contributed by atoms with Crippen molar-refractivity contribution in [3.05, 3.63) is 54.7 Å². The standard InChI is InChI=1S/C21H29N5/c1-2-6-20(7-3-1)25-16-12-23(13-17-25)10-11-24-14-18-26(19-15-24)21-8-4-5-9-22-21/h1-9H,10-19H2. The molecule has 2 aromatic rings. The van der Waals surface area contributed by atoms with Gasteiger partial charge in [0.1, 0.15) is 5.82 Å². The third-order valence-corrected chi connectivity index (χ3v) is 5.57. The van der Waals surface area contributed by atoms with E-state index in [4.69, 9.17) is 0 Å². The first kappa shape index (κ1) is 17.3.